The fourth-order valence-corrected chi connectivity index (χ4v) is 3.77. The fourth-order valence-electron chi connectivity index (χ4n) is 2.91. The van der Waals surface area contributed by atoms with Gasteiger partial charge in [-0.15, -0.1) is 11.8 Å². The van der Waals surface area contributed by atoms with E-state index in [9.17, 15) is 4.39 Å². The number of halogens is 1. The van der Waals surface area contributed by atoms with Gasteiger partial charge in [0.05, 0.1) is 5.69 Å². The predicted molar refractivity (Wildman–Crippen MR) is 121 cm³/mol. The standard InChI is InChI=1S/C22H27FN6S/c1-16-13-17(2)29(28-16)21-10-5-18(14-26-21)15-27-22(24-3)25-11-4-12-30-20-8-6-19(23)7-9-20/h5-10,13-14H,4,11-12,15H2,1-3H3,(H2,24,25,27). The summed E-state index contributed by atoms with van der Waals surface area (Å²) in [6.07, 6.45) is 2.83. The molecule has 8 heteroatoms. The molecule has 0 aliphatic rings. The molecule has 0 radical (unpaired) electrons. The number of pyridine rings is 1. The molecule has 0 saturated carbocycles. The Morgan fingerprint density at radius 2 is 1.93 bits per heavy atom. The molecule has 158 valence electrons. The molecule has 0 atom stereocenters. The maximum atomic E-state index is 12.9. The lowest BCUT2D eigenvalue weighted by Crippen LogP contribution is -2.37. The van der Waals surface area contributed by atoms with Crippen LogP contribution in [0.4, 0.5) is 4.39 Å². The summed E-state index contributed by atoms with van der Waals surface area (Å²) < 4.78 is 14.8. The third-order valence-corrected chi connectivity index (χ3v) is 5.51. The SMILES string of the molecule is CN=C(NCCCSc1ccc(F)cc1)NCc1ccc(-n2nc(C)cc2C)nc1. The molecule has 2 aromatic heterocycles. The molecule has 0 aliphatic heterocycles. The van der Waals surface area contributed by atoms with Crippen LogP contribution in [0.5, 0.6) is 0 Å². The van der Waals surface area contributed by atoms with Crippen molar-refractivity contribution < 1.29 is 4.39 Å². The van der Waals surface area contributed by atoms with Gasteiger partial charge in [-0.25, -0.2) is 14.1 Å². The molecular formula is C22H27FN6S. The van der Waals surface area contributed by atoms with Gasteiger partial charge >= 0.3 is 0 Å². The van der Waals surface area contributed by atoms with E-state index in [1.54, 1.807) is 18.8 Å². The number of aromatic nitrogens is 3. The minimum absolute atomic E-state index is 0.202. The summed E-state index contributed by atoms with van der Waals surface area (Å²) in [5.41, 5.74) is 3.11. The first-order valence-corrected chi connectivity index (χ1v) is 10.8. The van der Waals surface area contributed by atoms with E-state index in [2.05, 4.69) is 25.7 Å². The Morgan fingerprint density at radius 3 is 2.57 bits per heavy atom. The number of nitrogens with one attached hydrogen (secondary N) is 2. The van der Waals surface area contributed by atoms with E-state index in [4.69, 9.17) is 0 Å². The van der Waals surface area contributed by atoms with Gasteiger partial charge in [-0.3, -0.25) is 4.99 Å². The van der Waals surface area contributed by atoms with Crippen molar-refractivity contribution in [1.82, 2.24) is 25.4 Å². The summed E-state index contributed by atoms with van der Waals surface area (Å²) in [4.78, 5) is 9.86. The van der Waals surface area contributed by atoms with Crippen molar-refractivity contribution in [3.05, 3.63) is 71.4 Å². The van der Waals surface area contributed by atoms with Crippen LogP contribution in [-0.2, 0) is 6.54 Å². The molecule has 0 fully saturated rings. The number of rotatable bonds is 8. The summed E-state index contributed by atoms with van der Waals surface area (Å²) in [6.45, 7) is 5.43. The molecule has 1 aromatic carbocycles. The second kappa shape index (κ2) is 10.8. The average Bonchev–Trinajstić information content (AvgIpc) is 3.09. The number of aliphatic imine (C=N–C) groups is 1. The Bertz CT molecular complexity index is 966. The highest BCUT2D eigenvalue weighted by Crippen LogP contribution is 2.18. The first-order chi connectivity index (χ1) is 14.5. The van der Waals surface area contributed by atoms with Gasteiger partial charge < -0.3 is 10.6 Å². The Hall–Kier alpha value is -2.87. The topological polar surface area (TPSA) is 67.1 Å². The number of hydrogen-bond donors (Lipinski definition) is 2. The summed E-state index contributed by atoms with van der Waals surface area (Å²) >= 11 is 1.72. The quantitative estimate of drug-likeness (QED) is 0.248. The molecule has 0 amide bonds. The Labute approximate surface area is 181 Å². The van der Waals surface area contributed by atoms with E-state index >= 15 is 0 Å². The maximum Gasteiger partial charge on any atom is 0.191 e. The minimum Gasteiger partial charge on any atom is -0.356 e. The summed E-state index contributed by atoms with van der Waals surface area (Å²) in [5, 5.41) is 11.1. The second-order valence-corrected chi connectivity index (χ2v) is 8.04. The molecule has 0 bridgehead atoms. The first kappa shape index (κ1) is 21.8. The normalized spacial score (nSPS) is 11.5. The highest BCUT2D eigenvalue weighted by molar-refractivity contribution is 7.99. The first-order valence-electron chi connectivity index (χ1n) is 9.86. The van der Waals surface area contributed by atoms with Crippen LogP contribution in [0.15, 0.2) is 58.5 Å². The third kappa shape index (κ3) is 6.32. The lowest BCUT2D eigenvalue weighted by molar-refractivity contribution is 0.626. The zero-order valence-corrected chi connectivity index (χ0v) is 18.3. The van der Waals surface area contributed by atoms with E-state index in [0.717, 1.165) is 52.3 Å². The van der Waals surface area contributed by atoms with Crippen LogP contribution in [0.25, 0.3) is 5.82 Å². The molecule has 2 heterocycles. The highest BCUT2D eigenvalue weighted by Gasteiger charge is 2.05. The van der Waals surface area contributed by atoms with Crippen LogP contribution >= 0.6 is 11.8 Å². The van der Waals surface area contributed by atoms with Gasteiger partial charge in [-0.2, -0.15) is 5.10 Å². The number of thioether (sulfide) groups is 1. The Morgan fingerprint density at radius 1 is 1.13 bits per heavy atom. The van der Waals surface area contributed by atoms with Crippen molar-refractivity contribution in [3.8, 4) is 5.82 Å². The molecule has 30 heavy (non-hydrogen) atoms. The molecule has 3 rings (SSSR count). The number of benzene rings is 1. The van der Waals surface area contributed by atoms with Crippen LogP contribution in [0, 0.1) is 19.7 Å². The Balaban J connectivity index is 1.39. The lowest BCUT2D eigenvalue weighted by Gasteiger charge is -2.12. The molecule has 0 spiro atoms. The van der Waals surface area contributed by atoms with Crippen LogP contribution < -0.4 is 10.6 Å². The summed E-state index contributed by atoms with van der Waals surface area (Å²) in [6, 6.07) is 12.6. The monoisotopic (exact) mass is 426 g/mol. The minimum atomic E-state index is -0.202. The van der Waals surface area contributed by atoms with E-state index in [-0.39, 0.29) is 5.82 Å². The summed E-state index contributed by atoms with van der Waals surface area (Å²) in [5.74, 6) is 2.31. The van der Waals surface area contributed by atoms with E-state index in [0.29, 0.717) is 6.54 Å². The van der Waals surface area contributed by atoms with Crippen molar-refractivity contribution in [2.24, 2.45) is 4.99 Å². The van der Waals surface area contributed by atoms with Gasteiger partial charge in [0.1, 0.15) is 5.82 Å². The highest BCUT2D eigenvalue weighted by atomic mass is 32.2. The fraction of sp³-hybridized carbons (Fsp3) is 0.318. The molecule has 0 saturated heterocycles. The van der Waals surface area contributed by atoms with Crippen LogP contribution in [0.2, 0.25) is 0 Å². The van der Waals surface area contributed by atoms with Crippen LogP contribution in [0.1, 0.15) is 23.4 Å². The molecular weight excluding hydrogens is 399 g/mol. The van der Waals surface area contributed by atoms with Crippen molar-refractivity contribution in [2.75, 3.05) is 19.3 Å². The van der Waals surface area contributed by atoms with Gasteiger partial charge in [0.2, 0.25) is 0 Å². The lowest BCUT2D eigenvalue weighted by atomic mass is 10.3. The number of aryl methyl sites for hydroxylation is 2. The molecule has 3 aromatic rings. The van der Waals surface area contributed by atoms with E-state index in [1.165, 1.54) is 12.1 Å². The number of hydrogen-bond acceptors (Lipinski definition) is 4. The number of nitrogens with zero attached hydrogens (tertiary/aromatic N) is 4. The largest absolute Gasteiger partial charge is 0.356 e. The average molecular weight is 427 g/mol. The van der Waals surface area contributed by atoms with Gasteiger partial charge in [-0.1, -0.05) is 6.07 Å². The summed E-state index contributed by atoms with van der Waals surface area (Å²) in [7, 11) is 1.76. The molecule has 0 unspecified atom stereocenters. The molecule has 6 nitrogen and oxygen atoms in total. The Kier molecular flexibility index (Phi) is 7.84. The van der Waals surface area contributed by atoms with Crippen molar-refractivity contribution in [3.63, 3.8) is 0 Å². The van der Waals surface area contributed by atoms with Gasteiger partial charge in [0.25, 0.3) is 0 Å². The third-order valence-electron chi connectivity index (χ3n) is 4.42. The second-order valence-electron chi connectivity index (χ2n) is 6.87. The van der Waals surface area contributed by atoms with E-state index < -0.39 is 0 Å². The number of guanidine groups is 1. The van der Waals surface area contributed by atoms with Crippen LogP contribution in [0.3, 0.4) is 0 Å². The smallest absolute Gasteiger partial charge is 0.191 e. The van der Waals surface area contributed by atoms with Crippen molar-refractivity contribution >= 4 is 17.7 Å². The zero-order chi connectivity index (χ0) is 21.3. The zero-order valence-electron chi connectivity index (χ0n) is 17.5. The van der Waals surface area contributed by atoms with Crippen LogP contribution in [-0.4, -0.2) is 40.1 Å². The van der Waals surface area contributed by atoms with E-state index in [1.807, 2.05) is 55.1 Å². The molecule has 0 aliphatic carbocycles. The van der Waals surface area contributed by atoms with Gasteiger partial charge in [0.15, 0.2) is 11.8 Å². The molecule has 2 N–H and O–H groups in total. The maximum absolute atomic E-state index is 12.9. The van der Waals surface area contributed by atoms with Gasteiger partial charge in [-0.05, 0) is 68.0 Å². The van der Waals surface area contributed by atoms with Gasteiger partial charge in [0, 0.05) is 36.9 Å². The van der Waals surface area contributed by atoms with Crippen molar-refractivity contribution in [2.45, 2.75) is 31.7 Å². The predicted octanol–water partition coefficient (Wildman–Crippen LogP) is 3.87. The van der Waals surface area contributed by atoms with Crippen molar-refractivity contribution in [1.29, 1.82) is 0 Å².